The van der Waals surface area contributed by atoms with Crippen molar-refractivity contribution in [3.63, 3.8) is 0 Å². The van der Waals surface area contributed by atoms with Crippen molar-refractivity contribution in [2.75, 3.05) is 26.7 Å². The molecule has 194 valence electrons. The molecule has 1 aliphatic rings. The van der Waals surface area contributed by atoms with Gasteiger partial charge in [0.2, 0.25) is 0 Å². The molecule has 1 saturated heterocycles. The van der Waals surface area contributed by atoms with Gasteiger partial charge in [-0.2, -0.15) is 0 Å². The molecule has 1 fully saturated rings. The highest BCUT2D eigenvalue weighted by Crippen LogP contribution is 2.36. The number of aromatic nitrogens is 1. The number of alkyl halides is 1. The molecule has 0 unspecified atom stereocenters. The van der Waals surface area contributed by atoms with Crippen LogP contribution in [0.3, 0.4) is 0 Å². The predicted molar refractivity (Wildman–Crippen MR) is 145 cm³/mol. The second-order valence-corrected chi connectivity index (χ2v) is 10.2. The molecule has 0 aliphatic carbocycles. The Morgan fingerprint density at radius 2 is 2.08 bits per heavy atom. The summed E-state index contributed by atoms with van der Waals surface area (Å²) >= 11 is 12.1. The van der Waals surface area contributed by atoms with Crippen molar-refractivity contribution in [2.45, 2.75) is 31.9 Å². The molecule has 1 aliphatic heterocycles. The minimum Gasteiger partial charge on any atom is -0.497 e. The summed E-state index contributed by atoms with van der Waals surface area (Å²) in [5.41, 5.74) is 2.02. The average Bonchev–Trinajstić information content (AvgIpc) is 2.88. The topological polar surface area (TPSA) is 62.7 Å². The summed E-state index contributed by atoms with van der Waals surface area (Å²) in [7, 11) is 1.58. The molecule has 4 rings (SSSR count). The fraction of sp³-hybridized carbons (Fsp3) is 0.379. The minimum atomic E-state index is -1.17. The summed E-state index contributed by atoms with van der Waals surface area (Å²) in [6.45, 7) is 1.92. The van der Waals surface area contributed by atoms with Gasteiger partial charge in [-0.05, 0) is 85.7 Å². The first-order chi connectivity index (χ1) is 17.8. The zero-order chi connectivity index (χ0) is 26.4. The predicted octanol–water partition coefficient (Wildman–Crippen LogP) is 6.81. The smallest absolute Gasteiger partial charge is 0.303 e. The van der Waals surface area contributed by atoms with Gasteiger partial charge in [-0.3, -0.25) is 14.7 Å². The molecule has 2 heterocycles. The zero-order valence-corrected chi connectivity index (χ0v) is 22.1. The Labute approximate surface area is 226 Å². The second-order valence-electron chi connectivity index (χ2n) is 9.40. The molecule has 37 heavy (non-hydrogen) atoms. The van der Waals surface area contributed by atoms with Gasteiger partial charge in [0.05, 0.1) is 24.2 Å². The molecule has 0 bridgehead atoms. The molecule has 1 N–H and O–H groups in total. The molecule has 5 nitrogen and oxygen atoms in total. The third kappa shape index (κ3) is 7.13. The van der Waals surface area contributed by atoms with E-state index in [1.165, 1.54) is 0 Å². The zero-order valence-electron chi connectivity index (χ0n) is 20.6. The number of fused-ring (bicyclic) bond motifs is 1. The molecule has 0 saturated carbocycles. The van der Waals surface area contributed by atoms with Crippen molar-refractivity contribution in [2.24, 2.45) is 11.8 Å². The molecule has 1 aromatic heterocycles. The number of benzene rings is 2. The highest BCUT2D eigenvalue weighted by molar-refractivity contribution is 6.35. The van der Waals surface area contributed by atoms with Crippen LogP contribution >= 0.6 is 23.2 Å². The maximum atomic E-state index is 15.5. The summed E-state index contributed by atoms with van der Waals surface area (Å²) in [5, 5.41) is 11.3. The standard InChI is InChI=1S/C29H29Cl2FN2O3/c1-37-23-7-9-28-25(17-23)24(10-12-33-28)27(32)8-5-19-11-14-34(18-21(19)15-29(35)36)13-2-3-20-4-6-22(30)16-26(20)31/h4,6-7,9-10,12,16-17,19,21,27H,5,8,11,13-15,18H2,1H3,(H,35,36)/t19-,21+,27-/m1/s1. The van der Waals surface area contributed by atoms with Crippen LogP contribution in [0.2, 0.25) is 10.0 Å². The summed E-state index contributed by atoms with van der Waals surface area (Å²) in [6, 6.07) is 12.4. The number of carboxylic acids is 1. The first kappa shape index (κ1) is 27.2. The van der Waals surface area contributed by atoms with Crippen molar-refractivity contribution in [1.29, 1.82) is 0 Å². The number of halogens is 3. The van der Waals surface area contributed by atoms with Gasteiger partial charge < -0.3 is 9.84 Å². The van der Waals surface area contributed by atoms with E-state index in [0.717, 1.165) is 23.9 Å². The number of likely N-dealkylation sites (tertiary alicyclic amines) is 1. The Morgan fingerprint density at radius 3 is 2.84 bits per heavy atom. The lowest BCUT2D eigenvalue weighted by molar-refractivity contribution is -0.139. The fourth-order valence-electron chi connectivity index (χ4n) is 5.04. The Hall–Kier alpha value is -2.85. The van der Waals surface area contributed by atoms with Crippen LogP contribution < -0.4 is 4.74 Å². The number of ether oxygens (including phenoxy) is 1. The van der Waals surface area contributed by atoms with Crippen molar-refractivity contribution in [1.82, 2.24) is 9.88 Å². The lowest BCUT2D eigenvalue weighted by atomic mass is 9.79. The summed E-state index contributed by atoms with van der Waals surface area (Å²) in [6.07, 6.45) is 2.26. The Morgan fingerprint density at radius 1 is 1.24 bits per heavy atom. The van der Waals surface area contributed by atoms with Crippen LogP contribution in [0, 0.1) is 23.7 Å². The third-order valence-corrected chi connectivity index (χ3v) is 7.53. The Balaban J connectivity index is 1.39. The fourth-order valence-corrected chi connectivity index (χ4v) is 5.49. The molecule has 2 aromatic carbocycles. The maximum Gasteiger partial charge on any atom is 0.303 e. The average molecular weight is 543 g/mol. The van der Waals surface area contributed by atoms with Gasteiger partial charge in [0.1, 0.15) is 11.9 Å². The van der Waals surface area contributed by atoms with E-state index in [1.54, 1.807) is 37.6 Å². The van der Waals surface area contributed by atoms with Gasteiger partial charge in [-0.1, -0.05) is 35.0 Å². The van der Waals surface area contributed by atoms with Crippen LogP contribution in [-0.4, -0.2) is 47.7 Å². The number of carbonyl (C=O) groups is 1. The number of piperidine rings is 1. The molecular weight excluding hydrogens is 514 g/mol. The Kier molecular flexibility index (Phi) is 9.26. The SMILES string of the molecule is COc1ccc2nccc([C@H](F)CC[C@@H]3CCN(CC#Cc4ccc(Cl)cc4Cl)C[C@@H]3CC(=O)O)c2c1. The van der Waals surface area contributed by atoms with Crippen LogP contribution in [0.4, 0.5) is 4.39 Å². The van der Waals surface area contributed by atoms with Crippen LogP contribution in [-0.2, 0) is 4.79 Å². The van der Waals surface area contributed by atoms with Gasteiger partial charge in [0.15, 0.2) is 0 Å². The lowest BCUT2D eigenvalue weighted by Crippen LogP contribution is -2.41. The first-order valence-corrected chi connectivity index (χ1v) is 13.0. The molecule has 3 aromatic rings. The number of carboxylic acid groups (broad SMARTS) is 1. The number of hydrogen-bond acceptors (Lipinski definition) is 4. The number of rotatable bonds is 8. The van der Waals surface area contributed by atoms with Crippen molar-refractivity contribution in [3.8, 4) is 17.6 Å². The third-order valence-electron chi connectivity index (χ3n) is 6.98. The summed E-state index contributed by atoms with van der Waals surface area (Å²) in [5.74, 6) is 6.11. The lowest BCUT2D eigenvalue weighted by Gasteiger charge is -2.37. The second kappa shape index (κ2) is 12.6. The van der Waals surface area contributed by atoms with E-state index in [4.69, 9.17) is 27.9 Å². The van der Waals surface area contributed by atoms with E-state index < -0.39 is 12.1 Å². The van der Waals surface area contributed by atoms with Crippen molar-refractivity contribution < 1.29 is 19.0 Å². The normalized spacial score (nSPS) is 18.7. The van der Waals surface area contributed by atoms with E-state index in [0.29, 0.717) is 52.9 Å². The number of nitrogens with zero attached hydrogens (tertiary/aromatic N) is 2. The van der Waals surface area contributed by atoms with Gasteiger partial charge in [0.25, 0.3) is 0 Å². The quantitative estimate of drug-likeness (QED) is 0.317. The number of methoxy groups -OCH3 is 1. The number of pyridine rings is 1. The molecule has 3 atom stereocenters. The van der Waals surface area contributed by atoms with Gasteiger partial charge >= 0.3 is 5.97 Å². The van der Waals surface area contributed by atoms with E-state index in [1.807, 2.05) is 18.2 Å². The molecular formula is C29H29Cl2FN2O3. The van der Waals surface area contributed by atoms with E-state index in [-0.39, 0.29) is 18.3 Å². The van der Waals surface area contributed by atoms with Gasteiger partial charge in [-0.15, -0.1) is 0 Å². The van der Waals surface area contributed by atoms with Crippen LogP contribution in [0.5, 0.6) is 5.75 Å². The molecule has 8 heteroatoms. The summed E-state index contributed by atoms with van der Waals surface area (Å²) < 4.78 is 20.8. The highest BCUT2D eigenvalue weighted by Gasteiger charge is 2.31. The van der Waals surface area contributed by atoms with Crippen molar-refractivity contribution >= 4 is 40.1 Å². The van der Waals surface area contributed by atoms with E-state index in [9.17, 15) is 9.90 Å². The Bertz CT molecular complexity index is 1320. The van der Waals surface area contributed by atoms with Gasteiger partial charge in [0, 0.05) is 35.1 Å². The van der Waals surface area contributed by atoms with E-state index >= 15 is 4.39 Å². The molecule has 0 spiro atoms. The number of hydrogen-bond donors (Lipinski definition) is 1. The monoisotopic (exact) mass is 542 g/mol. The summed E-state index contributed by atoms with van der Waals surface area (Å²) in [4.78, 5) is 18.1. The number of aliphatic carboxylic acids is 1. The van der Waals surface area contributed by atoms with Crippen LogP contribution in [0.1, 0.15) is 43.0 Å². The first-order valence-electron chi connectivity index (χ1n) is 12.3. The molecule has 0 amide bonds. The maximum absolute atomic E-state index is 15.5. The largest absolute Gasteiger partial charge is 0.497 e. The minimum absolute atomic E-state index is 0.0595. The van der Waals surface area contributed by atoms with Gasteiger partial charge in [-0.25, -0.2) is 4.39 Å². The van der Waals surface area contributed by atoms with Crippen LogP contribution in [0.15, 0.2) is 48.7 Å². The van der Waals surface area contributed by atoms with Crippen molar-refractivity contribution in [3.05, 3.63) is 69.8 Å². The molecule has 0 radical (unpaired) electrons. The van der Waals surface area contributed by atoms with Crippen LogP contribution in [0.25, 0.3) is 10.9 Å². The highest BCUT2D eigenvalue weighted by atomic mass is 35.5. The van der Waals surface area contributed by atoms with E-state index in [2.05, 4.69) is 21.7 Å².